The Balaban J connectivity index is 1.45. The number of allylic oxidation sites excluding steroid dienone is 2. The number of anilines is 2. The van der Waals surface area contributed by atoms with Gasteiger partial charge in [-0.2, -0.15) is 12.6 Å². The molecule has 228 valence electrons. The molecular formula is C30H31ClN2O8S2. The first-order valence-electron chi connectivity index (χ1n) is 13.6. The lowest BCUT2D eigenvalue weighted by molar-refractivity contribution is 0.273. The minimum absolute atomic E-state index is 0.0115. The maximum atomic E-state index is 11.7. The first kappa shape index (κ1) is 31.0. The van der Waals surface area contributed by atoms with Gasteiger partial charge in [-0.05, 0) is 65.9 Å². The molecule has 0 fully saturated rings. The van der Waals surface area contributed by atoms with Gasteiger partial charge in [0.1, 0.15) is 5.75 Å². The van der Waals surface area contributed by atoms with Crippen molar-refractivity contribution in [3.63, 3.8) is 0 Å². The summed E-state index contributed by atoms with van der Waals surface area (Å²) in [7, 11) is -4.22. The molecular weight excluding hydrogens is 616 g/mol. The first-order valence-corrected chi connectivity index (χ1v) is 16.6. The van der Waals surface area contributed by atoms with Crippen molar-refractivity contribution in [1.82, 2.24) is 0 Å². The number of rotatable bonds is 12. The van der Waals surface area contributed by atoms with Crippen LogP contribution in [0.25, 0.3) is 11.1 Å². The van der Waals surface area contributed by atoms with Crippen molar-refractivity contribution in [3.8, 4) is 22.6 Å². The lowest BCUT2D eigenvalue weighted by atomic mass is 10.0. The van der Waals surface area contributed by atoms with E-state index in [1.54, 1.807) is 18.2 Å². The molecule has 3 aromatic carbocycles. The smallest absolute Gasteiger partial charge is 0.301 e. The number of benzene rings is 3. The number of fused-ring (bicyclic) bond motifs is 2. The first-order chi connectivity index (χ1) is 20.6. The molecule has 0 radical (unpaired) electrons. The fraction of sp³-hybridized carbons (Fsp3) is 0.267. The largest absolute Gasteiger partial charge is 0.465 e. The van der Waals surface area contributed by atoms with Crippen molar-refractivity contribution in [2.24, 2.45) is 0 Å². The van der Waals surface area contributed by atoms with Crippen molar-refractivity contribution in [3.05, 3.63) is 95.4 Å². The predicted molar refractivity (Wildman–Crippen MR) is 167 cm³/mol. The van der Waals surface area contributed by atoms with Gasteiger partial charge in [-0.15, -0.1) is 0 Å². The third kappa shape index (κ3) is 7.77. The van der Waals surface area contributed by atoms with Gasteiger partial charge >= 0.3 is 11.4 Å². The van der Waals surface area contributed by atoms with Crippen LogP contribution in [0.4, 0.5) is 11.4 Å². The van der Waals surface area contributed by atoms with E-state index in [2.05, 4.69) is 0 Å². The van der Waals surface area contributed by atoms with E-state index in [4.69, 9.17) is 29.8 Å². The summed E-state index contributed by atoms with van der Waals surface area (Å²) < 4.78 is 70.0. The molecule has 0 amide bonds. The Kier molecular flexibility index (Phi) is 9.75. The van der Waals surface area contributed by atoms with Gasteiger partial charge in [-0.25, -0.2) is 0 Å². The van der Waals surface area contributed by atoms with Crippen LogP contribution in [0.5, 0.6) is 11.5 Å². The van der Waals surface area contributed by atoms with Gasteiger partial charge in [0.15, 0.2) is 12.0 Å². The zero-order valence-corrected chi connectivity index (χ0v) is 25.6. The lowest BCUT2D eigenvalue weighted by Gasteiger charge is -2.24. The monoisotopic (exact) mass is 646 g/mol. The molecule has 0 bridgehead atoms. The van der Waals surface area contributed by atoms with Gasteiger partial charge < -0.3 is 19.3 Å². The molecule has 2 aliphatic heterocycles. The Morgan fingerprint density at radius 3 is 2.53 bits per heavy atom. The van der Waals surface area contributed by atoms with Gasteiger partial charge in [-0.3, -0.25) is 13.3 Å². The third-order valence-corrected chi connectivity index (χ3v) is 8.30. The zero-order valence-electron chi connectivity index (χ0n) is 23.3. The molecule has 0 spiro atoms. The number of hydrogen-bond donors (Lipinski definition) is 2. The summed E-state index contributed by atoms with van der Waals surface area (Å²) in [6.07, 6.45) is 4.17. The second-order valence-corrected chi connectivity index (χ2v) is 12.6. The molecule has 2 heterocycles. The lowest BCUT2D eigenvalue weighted by Crippen LogP contribution is -2.37. The van der Waals surface area contributed by atoms with Crippen LogP contribution in [-0.2, 0) is 25.7 Å². The number of nitrogens with zero attached hydrogens (tertiary/aromatic N) is 2. The Labute approximate surface area is 258 Å². The van der Waals surface area contributed by atoms with Gasteiger partial charge in [0.2, 0.25) is 5.88 Å². The topological polar surface area (TPSA) is 126 Å². The molecule has 0 saturated carbocycles. The van der Waals surface area contributed by atoms with E-state index < -0.39 is 33.5 Å². The Bertz CT molecular complexity index is 1660. The summed E-state index contributed by atoms with van der Waals surface area (Å²) in [5.74, 6) is 1.28. The van der Waals surface area contributed by atoms with Gasteiger partial charge in [-0.1, -0.05) is 54.9 Å². The molecule has 2 N–H and O–H groups in total. The molecule has 3 aromatic rings. The molecule has 0 saturated heterocycles. The molecule has 10 nitrogen and oxygen atoms in total. The summed E-state index contributed by atoms with van der Waals surface area (Å²) in [5, 5.41) is 0.536. The van der Waals surface area contributed by atoms with E-state index in [1.807, 2.05) is 77.4 Å². The highest BCUT2D eigenvalue weighted by Gasteiger charge is 2.32. The predicted octanol–water partition coefficient (Wildman–Crippen LogP) is 6.04. The highest BCUT2D eigenvalue weighted by Crippen LogP contribution is 2.43. The van der Waals surface area contributed by atoms with Crippen molar-refractivity contribution < 1.29 is 35.4 Å². The quantitative estimate of drug-likeness (QED) is 0.137. The Morgan fingerprint density at radius 1 is 1.05 bits per heavy atom. The van der Waals surface area contributed by atoms with Crippen molar-refractivity contribution in [1.29, 1.82) is 0 Å². The molecule has 43 heavy (non-hydrogen) atoms. The summed E-state index contributed by atoms with van der Waals surface area (Å²) in [6.45, 7) is 2.49. The van der Waals surface area contributed by atoms with E-state index in [1.165, 1.54) is 0 Å². The Morgan fingerprint density at radius 2 is 1.81 bits per heavy atom. The average Bonchev–Trinajstić information content (AvgIpc) is 3.49. The summed E-state index contributed by atoms with van der Waals surface area (Å²) >= 11 is 3.92. The second kappa shape index (κ2) is 13.5. The number of hydrogen-bond acceptors (Lipinski definition) is 8. The minimum Gasteiger partial charge on any atom is -0.465 e. The normalized spacial score (nSPS) is 17.9. The van der Waals surface area contributed by atoms with Gasteiger partial charge in [0.05, 0.1) is 23.7 Å². The summed E-state index contributed by atoms with van der Waals surface area (Å²) in [5.41, 5.74) is 4.28. The van der Waals surface area contributed by atoms with E-state index >= 15 is 0 Å². The van der Waals surface area contributed by atoms with Crippen LogP contribution in [0, 0.1) is 0 Å². The molecule has 0 aromatic heterocycles. The molecule has 2 unspecified atom stereocenters. The van der Waals surface area contributed by atoms with E-state index in [0.29, 0.717) is 41.8 Å². The molecule has 2 atom stereocenters. The van der Waals surface area contributed by atoms with Crippen LogP contribution < -0.4 is 19.3 Å². The van der Waals surface area contributed by atoms with Gasteiger partial charge in [0.25, 0.3) is 10.1 Å². The fourth-order valence-corrected chi connectivity index (χ4v) is 5.80. The Hall–Kier alpha value is -3.39. The van der Waals surface area contributed by atoms with Crippen LogP contribution in [0.15, 0.2) is 90.3 Å². The minimum atomic E-state index is -4.22. The standard InChI is InChI=1S/C30H31ClN2O8S2/c1-2-21(17-29-32(13-6-15-39-42(34)35)26-20-24(31)10-12-28(26)41-29)18-30-33(14-16-43(36,37)38)25-19-23(9-11-27(25)40-30)22-7-4-3-5-8-22/h3-5,7-12,17-20,30H,2,6,13-16H2,1H3,(H,34,35)(H,36,37,38). The molecule has 2 aliphatic rings. The third-order valence-electron chi connectivity index (χ3n) is 7.00. The van der Waals surface area contributed by atoms with Crippen LogP contribution in [0.2, 0.25) is 5.02 Å². The molecule has 5 rings (SSSR count). The van der Waals surface area contributed by atoms with E-state index in [0.717, 1.165) is 28.1 Å². The fourth-order valence-electron chi connectivity index (χ4n) is 4.94. The highest BCUT2D eigenvalue weighted by atomic mass is 35.5. The molecule has 0 aliphatic carbocycles. The van der Waals surface area contributed by atoms with Crippen molar-refractivity contribution in [2.45, 2.75) is 26.0 Å². The number of ether oxygens (including phenoxy) is 2. The van der Waals surface area contributed by atoms with Crippen LogP contribution in [0.1, 0.15) is 19.8 Å². The van der Waals surface area contributed by atoms with Gasteiger partial charge in [0, 0.05) is 24.2 Å². The molecule has 13 heteroatoms. The van der Waals surface area contributed by atoms with Crippen LogP contribution >= 0.6 is 11.6 Å². The van der Waals surface area contributed by atoms with Crippen molar-refractivity contribution >= 4 is 44.5 Å². The van der Waals surface area contributed by atoms with Crippen molar-refractivity contribution in [2.75, 3.05) is 35.2 Å². The maximum absolute atomic E-state index is 11.7. The highest BCUT2D eigenvalue weighted by molar-refractivity contribution is 7.85. The second-order valence-electron chi connectivity index (χ2n) is 9.87. The van der Waals surface area contributed by atoms with E-state index in [9.17, 15) is 17.2 Å². The maximum Gasteiger partial charge on any atom is 0.301 e. The zero-order chi connectivity index (χ0) is 30.6. The number of halogens is 1. The summed E-state index contributed by atoms with van der Waals surface area (Å²) in [4.78, 5) is 3.73. The SMILES string of the molecule is CCC(=CC1Oc2ccc(-c3ccccc3)cc2N1CCS(=O)(=O)O)C=C1Oc2ccc(Cl)cc2N1CCCOS(=O)O. The van der Waals surface area contributed by atoms with Crippen LogP contribution in [0.3, 0.4) is 0 Å². The van der Waals surface area contributed by atoms with Crippen LogP contribution in [-0.4, -0.2) is 53.4 Å². The average molecular weight is 647 g/mol. The van der Waals surface area contributed by atoms with E-state index in [-0.39, 0.29) is 13.2 Å². The summed E-state index contributed by atoms with van der Waals surface area (Å²) in [6, 6.07) is 20.9.